The SMILES string of the molecule is CC(C)(C)[C@H](Cn1cccn1)NC(=O)c1ccco1. The number of carbonyl (C=O) groups excluding carboxylic acids is 1. The summed E-state index contributed by atoms with van der Waals surface area (Å²) < 4.78 is 6.93. The molecule has 1 amide bonds. The Balaban J connectivity index is 2.08. The molecule has 0 saturated carbocycles. The Morgan fingerprint density at radius 1 is 1.47 bits per heavy atom. The number of hydrogen-bond donors (Lipinski definition) is 1. The van der Waals surface area contributed by atoms with Gasteiger partial charge in [0.25, 0.3) is 5.91 Å². The molecule has 0 saturated heterocycles. The summed E-state index contributed by atoms with van der Waals surface area (Å²) in [6.45, 7) is 6.89. The summed E-state index contributed by atoms with van der Waals surface area (Å²) in [6.07, 6.45) is 5.11. The minimum absolute atomic E-state index is 0.0370. The second-order valence-electron chi connectivity index (χ2n) is 5.60. The molecule has 0 bridgehead atoms. The summed E-state index contributed by atoms with van der Waals surface area (Å²) in [4.78, 5) is 12.1. The van der Waals surface area contributed by atoms with Crippen molar-refractivity contribution in [1.82, 2.24) is 15.1 Å². The van der Waals surface area contributed by atoms with Gasteiger partial charge in [-0.2, -0.15) is 5.10 Å². The van der Waals surface area contributed by atoms with Crippen LogP contribution < -0.4 is 5.32 Å². The fourth-order valence-electron chi connectivity index (χ4n) is 1.77. The molecule has 1 atom stereocenters. The van der Waals surface area contributed by atoms with E-state index >= 15 is 0 Å². The number of nitrogens with one attached hydrogen (secondary N) is 1. The molecule has 0 aromatic carbocycles. The first-order valence-corrected chi connectivity index (χ1v) is 6.28. The van der Waals surface area contributed by atoms with Crippen molar-refractivity contribution in [3.63, 3.8) is 0 Å². The van der Waals surface area contributed by atoms with Crippen LogP contribution in [-0.2, 0) is 6.54 Å². The molecule has 2 aromatic rings. The maximum atomic E-state index is 12.1. The number of nitrogens with zero attached hydrogens (tertiary/aromatic N) is 2. The molecule has 2 rings (SSSR count). The number of carbonyl (C=O) groups is 1. The van der Waals surface area contributed by atoms with Gasteiger partial charge in [0, 0.05) is 12.4 Å². The number of amides is 1. The molecule has 0 spiro atoms. The molecule has 2 aromatic heterocycles. The molecular formula is C14H19N3O2. The van der Waals surface area contributed by atoms with Gasteiger partial charge in [0.2, 0.25) is 0 Å². The predicted octanol–water partition coefficient (Wildman–Crippen LogP) is 2.32. The monoisotopic (exact) mass is 261 g/mol. The zero-order valence-electron chi connectivity index (χ0n) is 11.5. The maximum Gasteiger partial charge on any atom is 0.287 e. The highest BCUT2D eigenvalue weighted by Gasteiger charge is 2.27. The number of rotatable bonds is 4. The molecule has 102 valence electrons. The maximum absolute atomic E-state index is 12.1. The Morgan fingerprint density at radius 3 is 2.79 bits per heavy atom. The third kappa shape index (κ3) is 3.47. The average Bonchev–Trinajstić information content (AvgIpc) is 2.99. The largest absolute Gasteiger partial charge is 0.459 e. The molecule has 5 nitrogen and oxygen atoms in total. The van der Waals surface area contributed by atoms with Crippen molar-refractivity contribution < 1.29 is 9.21 Å². The number of hydrogen-bond acceptors (Lipinski definition) is 3. The Kier molecular flexibility index (Phi) is 3.74. The van der Waals surface area contributed by atoms with E-state index in [0.717, 1.165) is 0 Å². The Bertz CT molecular complexity index is 509. The lowest BCUT2D eigenvalue weighted by molar-refractivity contribution is 0.0862. The van der Waals surface area contributed by atoms with Gasteiger partial charge < -0.3 is 9.73 Å². The van der Waals surface area contributed by atoms with Crippen LogP contribution in [0.25, 0.3) is 0 Å². The van der Waals surface area contributed by atoms with E-state index in [1.165, 1.54) is 6.26 Å². The van der Waals surface area contributed by atoms with Crippen LogP contribution in [0.4, 0.5) is 0 Å². The van der Waals surface area contributed by atoms with Gasteiger partial charge in [-0.3, -0.25) is 9.48 Å². The molecule has 1 N–H and O–H groups in total. The topological polar surface area (TPSA) is 60.1 Å². The fraction of sp³-hybridized carbons (Fsp3) is 0.429. The van der Waals surface area contributed by atoms with E-state index in [0.29, 0.717) is 12.3 Å². The Labute approximate surface area is 112 Å². The van der Waals surface area contributed by atoms with Crippen LogP contribution in [0.15, 0.2) is 41.3 Å². The molecule has 19 heavy (non-hydrogen) atoms. The van der Waals surface area contributed by atoms with Crippen molar-refractivity contribution in [2.75, 3.05) is 0 Å². The van der Waals surface area contributed by atoms with Crippen LogP contribution >= 0.6 is 0 Å². The van der Waals surface area contributed by atoms with Crippen LogP contribution in [0.3, 0.4) is 0 Å². The lowest BCUT2D eigenvalue weighted by Crippen LogP contribution is -2.46. The smallest absolute Gasteiger partial charge is 0.287 e. The number of furan rings is 1. The summed E-state index contributed by atoms with van der Waals surface area (Å²) in [5.41, 5.74) is -0.0752. The quantitative estimate of drug-likeness (QED) is 0.918. The van der Waals surface area contributed by atoms with Crippen molar-refractivity contribution in [2.24, 2.45) is 5.41 Å². The molecule has 0 radical (unpaired) electrons. The van der Waals surface area contributed by atoms with Gasteiger partial charge in [-0.25, -0.2) is 0 Å². The van der Waals surface area contributed by atoms with Gasteiger partial charge in [-0.15, -0.1) is 0 Å². The third-order valence-electron chi connectivity index (χ3n) is 3.02. The van der Waals surface area contributed by atoms with Crippen molar-refractivity contribution in [3.05, 3.63) is 42.6 Å². The van der Waals surface area contributed by atoms with E-state index in [2.05, 4.69) is 31.2 Å². The van der Waals surface area contributed by atoms with Crippen LogP contribution in [0.2, 0.25) is 0 Å². The molecule has 5 heteroatoms. The summed E-state index contributed by atoms with van der Waals surface area (Å²) in [5, 5.41) is 7.19. The fourth-order valence-corrected chi connectivity index (χ4v) is 1.77. The van der Waals surface area contributed by atoms with Crippen LogP contribution in [0.1, 0.15) is 31.3 Å². The first-order chi connectivity index (χ1) is 8.97. The first-order valence-electron chi connectivity index (χ1n) is 6.28. The molecule has 0 aliphatic heterocycles. The standard InChI is InChI=1S/C14H19N3O2/c1-14(2,3)12(10-17-8-5-7-15-17)16-13(18)11-6-4-9-19-11/h4-9,12H,10H2,1-3H3,(H,16,18)/t12-/m0/s1. The van der Waals surface area contributed by atoms with Crippen LogP contribution in [0.5, 0.6) is 0 Å². The summed E-state index contributed by atoms with van der Waals surface area (Å²) >= 11 is 0. The third-order valence-corrected chi connectivity index (χ3v) is 3.02. The molecule has 0 fully saturated rings. The van der Waals surface area contributed by atoms with Crippen molar-refractivity contribution in [2.45, 2.75) is 33.4 Å². The summed E-state index contributed by atoms with van der Waals surface area (Å²) in [7, 11) is 0. The highest BCUT2D eigenvalue weighted by molar-refractivity contribution is 5.91. The van der Waals surface area contributed by atoms with Gasteiger partial charge in [0.15, 0.2) is 5.76 Å². The van der Waals surface area contributed by atoms with Gasteiger partial charge in [-0.05, 0) is 23.6 Å². The van der Waals surface area contributed by atoms with E-state index in [9.17, 15) is 4.79 Å². The van der Waals surface area contributed by atoms with E-state index in [1.54, 1.807) is 18.3 Å². The lowest BCUT2D eigenvalue weighted by Gasteiger charge is -2.31. The minimum Gasteiger partial charge on any atom is -0.459 e. The van der Waals surface area contributed by atoms with Gasteiger partial charge in [-0.1, -0.05) is 20.8 Å². The van der Waals surface area contributed by atoms with Crippen LogP contribution in [0, 0.1) is 5.41 Å². The normalized spacial score (nSPS) is 13.2. The van der Waals surface area contributed by atoms with Crippen molar-refractivity contribution in [1.29, 1.82) is 0 Å². The van der Waals surface area contributed by atoms with E-state index in [4.69, 9.17) is 4.42 Å². The molecule has 0 unspecified atom stereocenters. The zero-order chi connectivity index (χ0) is 13.9. The highest BCUT2D eigenvalue weighted by Crippen LogP contribution is 2.21. The van der Waals surface area contributed by atoms with Crippen LogP contribution in [-0.4, -0.2) is 21.7 Å². The zero-order valence-corrected chi connectivity index (χ0v) is 11.5. The van der Waals surface area contributed by atoms with Gasteiger partial charge >= 0.3 is 0 Å². The molecular weight excluding hydrogens is 242 g/mol. The van der Waals surface area contributed by atoms with Crippen molar-refractivity contribution >= 4 is 5.91 Å². The van der Waals surface area contributed by atoms with E-state index in [-0.39, 0.29) is 17.4 Å². The minimum atomic E-state index is -0.197. The average molecular weight is 261 g/mol. The predicted molar refractivity (Wildman–Crippen MR) is 71.6 cm³/mol. The molecule has 0 aliphatic rings. The Hall–Kier alpha value is -2.04. The first kappa shape index (κ1) is 13.4. The summed E-state index contributed by atoms with van der Waals surface area (Å²) in [6, 6.07) is 5.19. The van der Waals surface area contributed by atoms with Gasteiger partial charge in [0.05, 0.1) is 18.8 Å². The van der Waals surface area contributed by atoms with Crippen molar-refractivity contribution in [3.8, 4) is 0 Å². The second-order valence-corrected chi connectivity index (χ2v) is 5.60. The van der Waals surface area contributed by atoms with E-state index < -0.39 is 0 Å². The van der Waals surface area contributed by atoms with E-state index in [1.807, 2.05) is 16.9 Å². The lowest BCUT2D eigenvalue weighted by atomic mass is 9.86. The highest BCUT2D eigenvalue weighted by atomic mass is 16.3. The Morgan fingerprint density at radius 2 is 2.26 bits per heavy atom. The molecule has 0 aliphatic carbocycles. The number of aromatic nitrogens is 2. The summed E-state index contributed by atoms with van der Waals surface area (Å²) in [5.74, 6) is 0.131. The molecule has 2 heterocycles. The van der Waals surface area contributed by atoms with Gasteiger partial charge in [0.1, 0.15) is 0 Å². The second kappa shape index (κ2) is 5.30.